The molecule has 1 aliphatic heterocycles. The fraction of sp³-hybridized carbons (Fsp3) is 0.906. The molecule has 0 spiro atoms. The lowest BCUT2D eigenvalue weighted by atomic mass is 9.99. The van der Waals surface area contributed by atoms with Crippen LogP contribution in [-0.2, 0) is 23.7 Å². The smallest absolute Gasteiger partial charge is 0.306 e. The number of aliphatic hydroxyl groups excluding tert-OH is 4. The van der Waals surface area contributed by atoms with Crippen LogP contribution >= 0.6 is 0 Å². The fourth-order valence-electron chi connectivity index (χ4n) is 8.19. The van der Waals surface area contributed by atoms with Crippen LogP contribution in [-0.4, -0.2) is 89.6 Å². The molecule has 0 aliphatic carbocycles. The highest BCUT2D eigenvalue weighted by Gasteiger charge is 2.44. The molecule has 0 bridgehead atoms. The lowest BCUT2D eigenvalue weighted by molar-refractivity contribution is -0.305. The minimum Gasteiger partial charge on any atom is -0.457 e. The number of aliphatic hydroxyl groups is 4. The van der Waals surface area contributed by atoms with Crippen molar-refractivity contribution in [3.05, 3.63) is 24.3 Å². The molecule has 1 fully saturated rings. The third-order valence-corrected chi connectivity index (χ3v) is 12.3. The van der Waals surface area contributed by atoms with E-state index in [2.05, 4.69) is 38.2 Å². The average molecular weight is 881 g/mol. The van der Waals surface area contributed by atoms with Crippen LogP contribution in [0.25, 0.3) is 0 Å². The number of hydrogen-bond donors (Lipinski definition) is 4. The van der Waals surface area contributed by atoms with Crippen molar-refractivity contribution in [1.29, 1.82) is 0 Å². The quantitative estimate of drug-likeness (QED) is 0.0268. The van der Waals surface area contributed by atoms with Gasteiger partial charge >= 0.3 is 5.97 Å². The van der Waals surface area contributed by atoms with Crippen LogP contribution in [0.2, 0.25) is 0 Å². The second kappa shape index (κ2) is 44.9. The van der Waals surface area contributed by atoms with Gasteiger partial charge in [-0.25, -0.2) is 0 Å². The Hall–Kier alpha value is -1.33. The molecular formula is C53H100O9. The summed E-state index contributed by atoms with van der Waals surface area (Å²) in [6, 6.07) is 0. The molecule has 0 aromatic heterocycles. The number of esters is 1. The minimum atomic E-state index is -1.54. The second-order valence-corrected chi connectivity index (χ2v) is 18.3. The van der Waals surface area contributed by atoms with Crippen molar-refractivity contribution in [3.63, 3.8) is 0 Å². The SMILES string of the molecule is CCCCCCCC/C=C\CCCCCCCCOCC(COC1OC(CO)C(O)C(O)C1O)OC(=O)CCCCCCCCCCCCC/C=C\CCCCCCCCCC. The number of allylic oxidation sites excluding steroid dienone is 4. The van der Waals surface area contributed by atoms with Crippen molar-refractivity contribution in [2.24, 2.45) is 0 Å². The largest absolute Gasteiger partial charge is 0.457 e. The van der Waals surface area contributed by atoms with Crippen LogP contribution < -0.4 is 0 Å². The number of carbonyl (C=O) groups is 1. The van der Waals surface area contributed by atoms with Crippen molar-refractivity contribution in [2.45, 2.75) is 282 Å². The molecule has 0 radical (unpaired) electrons. The number of rotatable bonds is 46. The summed E-state index contributed by atoms with van der Waals surface area (Å²) in [6.07, 6.45) is 46.4. The normalized spacial score (nSPS) is 19.9. The summed E-state index contributed by atoms with van der Waals surface area (Å²) in [4.78, 5) is 12.8. The van der Waals surface area contributed by atoms with E-state index in [0.29, 0.717) is 13.0 Å². The maximum absolute atomic E-state index is 12.8. The van der Waals surface area contributed by atoms with Gasteiger partial charge in [0.05, 0.1) is 19.8 Å². The van der Waals surface area contributed by atoms with Gasteiger partial charge < -0.3 is 39.4 Å². The van der Waals surface area contributed by atoms with E-state index >= 15 is 0 Å². The number of unbranched alkanes of at least 4 members (excludes halogenated alkanes) is 31. The summed E-state index contributed by atoms with van der Waals surface area (Å²) >= 11 is 0. The summed E-state index contributed by atoms with van der Waals surface area (Å²) in [5.41, 5.74) is 0. The zero-order chi connectivity index (χ0) is 45.0. The van der Waals surface area contributed by atoms with E-state index in [1.807, 2.05) is 0 Å². The Labute approximate surface area is 381 Å². The van der Waals surface area contributed by atoms with Crippen LogP contribution in [0.15, 0.2) is 24.3 Å². The molecule has 1 heterocycles. The number of ether oxygens (including phenoxy) is 4. The van der Waals surface area contributed by atoms with Gasteiger partial charge in [-0.3, -0.25) is 4.79 Å². The predicted molar refractivity (Wildman–Crippen MR) is 256 cm³/mol. The first-order valence-corrected chi connectivity index (χ1v) is 26.4. The average Bonchev–Trinajstić information content (AvgIpc) is 3.27. The van der Waals surface area contributed by atoms with Crippen LogP contribution in [0.5, 0.6) is 0 Å². The minimum absolute atomic E-state index is 0.113. The van der Waals surface area contributed by atoms with Crippen molar-refractivity contribution in [3.8, 4) is 0 Å². The fourth-order valence-corrected chi connectivity index (χ4v) is 8.19. The molecule has 0 saturated carbocycles. The first-order chi connectivity index (χ1) is 30.4. The number of hydrogen-bond acceptors (Lipinski definition) is 9. The maximum atomic E-state index is 12.8. The molecule has 4 N–H and O–H groups in total. The third kappa shape index (κ3) is 35.0. The molecule has 6 atom stereocenters. The summed E-state index contributed by atoms with van der Waals surface area (Å²) < 4.78 is 22.9. The van der Waals surface area contributed by atoms with Crippen molar-refractivity contribution < 1.29 is 44.2 Å². The molecule has 6 unspecified atom stereocenters. The van der Waals surface area contributed by atoms with E-state index in [1.165, 1.54) is 193 Å². The van der Waals surface area contributed by atoms with Crippen molar-refractivity contribution in [1.82, 2.24) is 0 Å². The molecule has 1 aliphatic rings. The van der Waals surface area contributed by atoms with E-state index in [4.69, 9.17) is 18.9 Å². The number of carbonyl (C=O) groups excluding carboxylic acids is 1. The monoisotopic (exact) mass is 881 g/mol. The molecule has 0 amide bonds. The predicted octanol–water partition coefficient (Wildman–Crippen LogP) is 12.9. The Bertz CT molecular complexity index is 1000. The van der Waals surface area contributed by atoms with Crippen LogP contribution in [0.4, 0.5) is 0 Å². The lowest BCUT2D eigenvalue weighted by Crippen LogP contribution is -2.59. The van der Waals surface area contributed by atoms with Crippen molar-refractivity contribution in [2.75, 3.05) is 26.4 Å². The van der Waals surface area contributed by atoms with Crippen molar-refractivity contribution >= 4 is 5.97 Å². The summed E-state index contributed by atoms with van der Waals surface area (Å²) in [6.45, 7) is 4.58. The first kappa shape index (κ1) is 58.7. The molecule has 62 heavy (non-hydrogen) atoms. The Morgan fingerprint density at radius 2 is 0.887 bits per heavy atom. The highest BCUT2D eigenvalue weighted by atomic mass is 16.7. The van der Waals surface area contributed by atoms with Gasteiger partial charge in [0.2, 0.25) is 0 Å². The Balaban J connectivity index is 2.18. The van der Waals surface area contributed by atoms with E-state index in [-0.39, 0.29) is 19.2 Å². The zero-order valence-electron chi connectivity index (χ0n) is 40.4. The summed E-state index contributed by atoms with van der Waals surface area (Å²) in [5.74, 6) is -0.313. The summed E-state index contributed by atoms with van der Waals surface area (Å²) in [7, 11) is 0. The molecular weight excluding hydrogens is 781 g/mol. The van der Waals surface area contributed by atoms with Gasteiger partial charge in [0.25, 0.3) is 0 Å². The van der Waals surface area contributed by atoms with Gasteiger partial charge in [-0.2, -0.15) is 0 Å². The molecule has 1 rings (SSSR count). The molecule has 0 aromatic rings. The topological polar surface area (TPSA) is 135 Å². The van der Waals surface area contributed by atoms with Crippen LogP contribution in [0.1, 0.15) is 245 Å². The Morgan fingerprint density at radius 3 is 1.31 bits per heavy atom. The maximum Gasteiger partial charge on any atom is 0.306 e. The van der Waals surface area contributed by atoms with E-state index in [9.17, 15) is 25.2 Å². The van der Waals surface area contributed by atoms with E-state index in [1.54, 1.807) is 0 Å². The molecule has 0 aromatic carbocycles. The molecule has 1 saturated heterocycles. The van der Waals surface area contributed by atoms with Gasteiger partial charge in [-0.15, -0.1) is 0 Å². The lowest BCUT2D eigenvalue weighted by Gasteiger charge is -2.39. The molecule has 366 valence electrons. The van der Waals surface area contributed by atoms with Crippen LogP contribution in [0.3, 0.4) is 0 Å². The molecule has 9 nitrogen and oxygen atoms in total. The Kier molecular flexibility index (Phi) is 42.5. The van der Waals surface area contributed by atoms with Gasteiger partial charge in [-0.1, -0.05) is 199 Å². The van der Waals surface area contributed by atoms with E-state index < -0.39 is 43.4 Å². The Morgan fingerprint density at radius 1 is 0.500 bits per heavy atom. The highest BCUT2D eigenvalue weighted by Crippen LogP contribution is 2.23. The van der Waals surface area contributed by atoms with E-state index in [0.717, 1.165) is 32.1 Å². The molecule has 9 heteroatoms. The zero-order valence-corrected chi connectivity index (χ0v) is 40.4. The second-order valence-electron chi connectivity index (χ2n) is 18.3. The third-order valence-electron chi connectivity index (χ3n) is 12.3. The van der Waals surface area contributed by atoms with Crippen LogP contribution in [0, 0.1) is 0 Å². The first-order valence-electron chi connectivity index (χ1n) is 26.4. The van der Waals surface area contributed by atoms with Gasteiger partial charge in [0.15, 0.2) is 6.29 Å². The standard InChI is InChI=1S/C53H100O9/c1-3-5-7-9-11-13-15-17-19-21-22-23-24-25-26-27-28-30-32-34-36-38-40-42-49(55)61-47(46-60-53-52(58)51(57)50(56)48(44-54)62-53)45-59-43-41-39-37-35-33-31-29-20-18-16-14-12-10-8-6-4-2/h18,20-22,47-48,50-54,56-58H,3-17,19,23-46H2,1-2H3/b20-18-,22-21-. The van der Waals surface area contributed by atoms with Gasteiger partial charge in [-0.05, 0) is 64.2 Å². The summed E-state index contributed by atoms with van der Waals surface area (Å²) in [5, 5.41) is 40.2. The van der Waals surface area contributed by atoms with Gasteiger partial charge in [0, 0.05) is 13.0 Å². The highest BCUT2D eigenvalue weighted by molar-refractivity contribution is 5.69. The van der Waals surface area contributed by atoms with Gasteiger partial charge in [0.1, 0.15) is 30.5 Å².